The van der Waals surface area contributed by atoms with E-state index in [1.807, 2.05) is 9.80 Å². The molecule has 1 saturated carbocycles. The maximum absolute atomic E-state index is 14.4. The van der Waals surface area contributed by atoms with Gasteiger partial charge in [0.15, 0.2) is 0 Å². The number of esters is 1. The molecule has 2 bridgehead atoms. The molecule has 0 aromatic rings. The molecule has 0 radical (unpaired) electrons. The average molecular weight is 533 g/mol. The number of rotatable bonds is 14. The van der Waals surface area contributed by atoms with Gasteiger partial charge in [-0.05, 0) is 44.9 Å². The minimum Gasteiger partial charge on any atom is -0.465 e. The number of hydrogen-bond acceptors (Lipinski definition) is 6. The lowest BCUT2D eigenvalue weighted by Gasteiger charge is -2.41. The van der Waals surface area contributed by atoms with Crippen LogP contribution in [0.2, 0.25) is 0 Å². The highest BCUT2D eigenvalue weighted by atomic mass is 32.2. The molecule has 1 spiro atoms. The molecule has 4 fully saturated rings. The van der Waals surface area contributed by atoms with Gasteiger partial charge in [0.25, 0.3) is 0 Å². The fraction of sp³-hybridized carbons (Fsp3) is 0.759. The highest BCUT2D eigenvalue weighted by molar-refractivity contribution is 8.02. The Bertz CT molecular complexity index is 859. The van der Waals surface area contributed by atoms with Gasteiger partial charge in [-0.25, -0.2) is 0 Å². The van der Waals surface area contributed by atoms with Crippen molar-refractivity contribution in [3.63, 3.8) is 0 Å². The van der Waals surface area contributed by atoms with Gasteiger partial charge in [0.1, 0.15) is 6.04 Å². The molecule has 7 nitrogen and oxygen atoms in total. The number of thioether (sulfide) groups is 1. The summed E-state index contributed by atoms with van der Waals surface area (Å²) in [6.45, 7) is 9.06. The molecular weight excluding hydrogens is 488 g/mol. The summed E-state index contributed by atoms with van der Waals surface area (Å²) in [6, 6.07) is -0.370. The van der Waals surface area contributed by atoms with Crippen LogP contribution in [0.5, 0.6) is 0 Å². The third-order valence-electron chi connectivity index (χ3n) is 8.80. The summed E-state index contributed by atoms with van der Waals surface area (Å²) < 4.78 is 5.01. The first-order valence-electron chi connectivity index (χ1n) is 14.3. The highest BCUT2D eigenvalue weighted by Crippen LogP contribution is 2.66. The molecule has 8 heteroatoms. The van der Waals surface area contributed by atoms with Crippen LogP contribution in [0, 0.1) is 11.8 Å². The number of aliphatic hydroxyl groups excluding tert-OH is 1. The summed E-state index contributed by atoms with van der Waals surface area (Å²) in [7, 11) is 0. The highest BCUT2D eigenvalue weighted by Gasteiger charge is 2.74. The van der Waals surface area contributed by atoms with Gasteiger partial charge < -0.3 is 19.6 Å². The monoisotopic (exact) mass is 532 g/mol. The quantitative estimate of drug-likeness (QED) is 0.206. The Morgan fingerprint density at radius 1 is 1.11 bits per heavy atom. The minimum absolute atomic E-state index is 0.0229. The third-order valence-corrected chi connectivity index (χ3v) is 10.8. The van der Waals surface area contributed by atoms with Crippen molar-refractivity contribution in [1.82, 2.24) is 9.80 Å². The summed E-state index contributed by atoms with van der Waals surface area (Å²) >= 11 is 1.71. The Morgan fingerprint density at radius 2 is 1.86 bits per heavy atom. The zero-order chi connectivity index (χ0) is 26.4. The molecule has 3 aliphatic heterocycles. The van der Waals surface area contributed by atoms with E-state index in [0.717, 1.165) is 64.2 Å². The fourth-order valence-electron chi connectivity index (χ4n) is 7.14. The van der Waals surface area contributed by atoms with E-state index in [4.69, 9.17) is 9.84 Å². The van der Waals surface area contributed by atoms with Crippen molar-refractivity contribution in [2.24, 2.45) is 11.8 Å². The lowest BCUT2D eigenvalue weighted by molar-refractivity contribution is -0.154. The predicted octanol–water partition coefficient (Wildman–Crippen LogP) is 4.10. The Morgan fingerprint density at radius 3 is 2.57 bits per heavy atom. The number of hydrogen-bond donors (Lipinski definition) is 1. The molecule has 1 aliphatic carbocycles. The number of carbonyl (C=O) groups is 3. The summed E-state index contributed by atoms with van der Waals surface area (Å²) in [4.78, 5) is 45.5. The lowest BCUT2D eigenvalue weighted by Crippen LogP contribution is -2.57. The van der Waals surface area contributed by atoms with Crippen LogP contribution >= 0.6 is 11.8 Å². The van der Waals surface area contributed by atoms with E-state index < -0.39 is 22.6 Å². The molecule has 5 atom stereocenters. The summed E-state index contributed by atoms with van der Waals surface area (Å²) in [5, 5.41) is 9.16. The van der Waals surface area contributed by atoms with Gasteiger partial charge in [-0.1, -0.05) is 44.3 Å². The van der Waals surface area contributed by atoms with Crippen LogP contribution in [0.15, 0.2) is 25.3 Å². The van der Waals surface area contributed by atoms with Crippen molar-refractivity contribution >= 4 is 29.5 Å². The molecule has 0 aromatic carbocycles. The van der Waals surface area contributed by atoms with Gasteiger partial charge in [-0.3, -0.25) is 14.4 Å². The van der Waals surface area contributed by atoms with Crippen LogP contribution in [0.4, 0.5) is 0 Å². The molecular formula is C29H44N2O5S. The van der Waals surface area contributed by atoms with Gasteiger partial charge in [0.05, 0.1) is 23.2 Å². The first-order valence-corrected chi connectivity index (χ1v) is 15.2. The summed E-state index contributed by atoms with van der Waals surface area (Å²) in [5.74, 6) is -1.32. The first kappa shape index (κ1) is 28.2. The van der Waals surface area contributed by atoms with Crippen LogP contribution in [-0.4, -0.2) is 81.1 Å². The Labute approximate surface area is 226 Å². The lowest BCUT2D eigenvalue weighted by atomic mass is 9.71. The topological polar surface area (TPSA) is 87.1 Å². The minimum atomic E-state index is -0.569. The zero-order valence-corrected chi connectivity index (χ0v) is 23.0. The van der Waals surface area contributed by atoms with Crippen LogP contribution in [0.1, 0.15) is 77.0 Å². The molecule has 2 amide bonds. The molecule has 2 unspecified atom stereocenters. The largest absolute Gasteiger partial charge is 0.465 e. The van der Waals surface area contributed by atoms with Crippen molar-refractivity contribution in [2.75, 3.05) is 26.3 Å². The van der Waals surface area contributed by atoms with Crippen molar-refractivity contribution in [3.8, 4) is 0 Å². The number of ether oxygens (including phenoxy) is 1. The second-order valence-corrected chi connectivity index (χ2v) is 12.6. The van der Waals surface area contributed by atoms with E-state index in [-0.39, 0.29) is 42.3 Å². The maximum atomic E-state index is 14.4. The van der Waals surface area contributed by atoms with E-state index in [1.165, 1.54) is 6.42 Å². The average Bonchev–Trinajstić information content (AvgIpc) is 3.55. The normalized spacial score (nSPS) is 30.8. The van der Waals surface area contributed by atoms with Gasteiger partial charge in [-0.2, -0.15) is 0 Å². The summed E-state index contributed by atoms with van der Waals surface area (Å²) in [6.07, 6.45) is 14.4. The molecule has 206 valence electrons. The number of nitrogens with zero attached hydrogens (tertiary/aromatic N) is 2. The van der Waals surface area contributed by atoms with Crippen molar-refractivity contribution in [3.05, 3.63) is 25.3 Å². The van der Waals surface area contributed by atoms with E-state index in [0.29, 0.717) is 19.5 Å². The Kier molecular flexibility index (Phi) is 9.79. The third kappa shape index (κ3) is 5.51. The number of fused-ring (bicyclic) bond motifs is 1. The zero-order valence-electron chi connectivity index (χ0n) is 22.2. The van der Waals surface area contributed by atoms with Crippen LogP contribution in [0.25, 0.3) is 0 Å². The standard InChI is InChI=1S/C29H44N2O5S/c1-3-5-20-36-28(35)23-22-15-16-29(37-22)24(23)26(33)31(18-11-6-7-12-19-32)25(29)27(34)30(17-4-2)21-13-9-8-10-14-21/h3-4,21-25,32H,1-2,5-20H2/t22-,23+,24+,25?,29?/m1/s1. The predicted molar refractivity (Wildman–Crippen MR) is 146 cm³/mol. The Balaban J connectivity index is 1.62. The maximum Gasteiger partial charge on any atom is 0.310 e. The molecule has 3 heterocycles. The molecule has 0 aromatic heterocycles. The second-order valence-electron chi connectivity index (χ2n) is 11.0. The number of likely N-dealkylation sites (tertiary alicyclic amines) is 1. The first-order chi connectivity index (χ1) is 18.0. The molecule has 37 heavy (non-hydrogen) atoms. The Hall–Kier alpha value is -1.80. The van der Waals surface area contributed by atoms with Gasteiger partial charge >= 0.3 is 5.97 Å². The summed E-state index contributed by atoms with van der Waals surface area (Å²) in [5.41, 5.74) is 0. The van der Waals surface area contributed by atoms with Crippen LogP contribution in [-0.2, 0) is 19.1 Å². The van der Waals surface area contributed by atoms with Gasteiger partial charge in [-0.15, -0.1) is 24.9 Å². The van der Waals surface area contributed by atoms with Crippen LogP contribution < -0.4 is 0 Å². The van der Waals surface area contributed by atoms with Crippen molar-refractivity contribution in [2.45, 2.75) is 99.1 Å². The number of unbranched alkanes of at least 4 members (excludes halogenated alkanes) is 3. The molecule has 4 aliphatic rings. The van der Waals surface area contributed by atoms with Crippen molar-refractivity contribution in [1.29, 1.82) is 0 Å². The molecule has 4 rings (SSSR count). The second kappa shape index (κ2) is 12.8. The molecule has 3 saturated heterocycles. The van der Waals surface area contributed by atoms with Gasteiger partial charge in [0, 0.05) is 31.0 Å². The van der Waals surface area contributed by atoms with Crippen LogP contribution in [0.3, 0.4) is 0 Å². The van der Waals surface area contributed by atoms with E-state index in [1.54, 1.807) is 23.9 Å². The van der Waals surface area contributed by atoms with E-state index >= 15 is 0 Å². The number of aliphatic hydroxyl groups is 1. The van der Waals surface area contributed by atoms with E-state index in [2.05, 4.69) is 13.2 Å². The SMILES string of the molecule is C=CCCOC(=O)[C@@H]1[C@H]2C(=O)N(CCCCCCO)C(C(=O)N(CC=C)C3CCCCC3)C23CC[C@H]1S3. The fourth-order valence-corrected chi connectivity index (χ4v) is 9.34. The molecule has 1 N–H and O–H groups in total. The van der Waals surface area contributed by atoms with Gasteiger partial charge in [0.2, 0.25) is 11.8 Å². The van der Waals surface area contributed by atoms with Crippen molar-refractivity contribution < 1.29 is 24.2 Å². The van der Waals surface area contributed by atoms with E-state index in [9.17, 15) is 14.4 Å². The number of amides is 2. The number of carbonyl (C=O) groups excluding carboxylic acids is 3. The smallest absolute Gasteiger partial charge is 0.310 e.